The summed E-state index contributed by atoms with van der Waals surface area (Å²) in [6, 6.07) is 10.7. The number of amides is 1. The molecule has 1 fully saturated rings. The van der Waals surface area contributed by atoms with E-state index >= 15 is 0 Å². The molecule has 2 unspecified atom stereocenters. The van der Waals surface area contributed by atoms with Gasteiger partial charge in [-0.25, -0.2) is 0 Å². The molecule has 0 spiro atoms. The third-order valence-electron chi connectivity index (χ3n) is 5.43. The summed E-state index contributed by atoms with van der Waals surface area (Å²) in [4.78, 5) is 12.8. The first-order valence-electron chi connectivity index (χ1n) is 10.9. The largest absolute Gasteiger partial charge is 0.573 e. The zero-order chi connectivity index (χ0) is 23.1. The molecule has 32 heavy (non-hydrogen) atoms. The molecule has 5 nitrogen and oxygen atoms in total. The Bertz CT molecular complexity index is 899. The average Bonchev–Trinajstić information content (AvgIpc) is 2.75. The van der Waals surface area contributed by atoms with Gasteiger partial charge < -0.3 is 19.5 Å². The number of carbonyl (C=O) groups excluding carboxylic acids is 1. The predicted molar refractivity (Wildman–Crippen MR) is 114 cm³/mol. The lowest BCUT2D eigenvalue weighted by molar-refractivity contribution is -0.274. The number of nitrogens with one attached hydrogen (secondary N) is 1. The fourth-order valence-electron chi connectivity index (χ4n) is 4.06. The van der Waals surface area contributed by atoms with Gasteiger partial charge in [-0.2, -0.15) is 0 Å². The van der Waals surface area contributed by atoms with E-state index in [1.165, 1.54) is 12.1 Å². The van der Waals surface area contributed by atoms with Crippen molar-refractivity contribution in [2.24, 2.45) is 0 Å². The summed E-state index contributed by atoms with van der Waals surface area (Å²) in [6.45, 7) is 4.88. The minimum atomic E-state index is -4.77. The van der Waals surface area contributed by atoms with Gasteiger partial charge in [0.05, 0.1) is 13.2 Å². The highest BCUT2D eigenvalue weighted by Crippen LogP contribution is 2.38. The molecule has 0 radical (unpaired) electrons. The first kappa shape index (κ1) is 23.8. The maximum atomic E-state index is 12.8. The van der Waals surface area contributed by atoms with E-state index in [2.05, 4.69) is 10.1 Å². The molecule has 1 aliphatic carbocycles. The third kappa shape index (κ3) is 6.31. The Morgan fingerprint density at radius 1 is 0.969 bits per heavy atom. The zero-order valence-corrected chi connectivity index (χ0v) is 18.2. The third-order valence-corrected chi connectivity index (χ3v) is 5.43. The highest BCUT2D eigenvalue weighted by molar-refractivity contribution is 5.94. The lowest BCUT2D eigenvalue weighted by atomic mass is 9.79. The predicted octanol–water partition coefficient (Wildman–Crippen LogP) is 5.84. The van der Waals surface area contributed by atoms with Crippen LogP contribution in [0.1, 0.15) is 61.4 Å². The summed E-state index contributed by atoms with van der Waals surface area (Å²) >= 11 is 0. The molecule has 0 aliphatic heterocycles. The van der Waals surface area contributed by atoms with Crippen LogP contribution in [0.2, 0.25) is 0 Å². The second kappa shape index (κ2) is 10.6. The van der Waals surface area contributed by atoms with E-state index in [4.69, 9.17) is 9.47 Å². The van der Waals surface area contributed by atoms with Crippen LogP contribution in [0.4, 0.5) is 13.2 Å². The van der Waals surface area contributed by atoms with E-state index in [0.29, 0.717) is 24.7 Å². The van der Waals surface area contributed by atoms with E-state index in [1.807, 2.05) is 32.0 Å². The van der Waals surface area contributed by atoms with Gasteiger partial charge in [-0.15, -0.1) is 13.2 Å². The first-order chi connectivity index (χ1) is 15.3. The molecule has 1 aliphatic rings. The molecule has 3 rings (SSSR count). The van der Waals surface area contributed by atoms with Gasteiger partial charge in [0.25, 0.3) is 5.91 Å². The van der Waals surface area contributed by atoms with Crippen molar-refractivity contribution in [2.45, 2.75) is 57.9 Å². The lowest BCUT2D eigenvalue weighted by Crippen LogP contribution is -2.41. The molecule has 2 aromatic carbocycles. The molecule has 0 bridgehead atoms. The summed E-state index contributed by atoms with van der Waals surface area (Å²) in [5, 5.41) is 3.07. The van der Waals surface area contributed by atoms with Crippen LogP contribution in [0, 0.1) is 0 Å². The van der Waals surface area contributed by atoms with Gasteiger partial charge in [0, 0.05) is 17.5 Å². The number of benzene rings is 2. The lowest BCUT2D eigenvalue weighted by Gasteiger charge is -2.33. The smallest absolute Gasteiger partial charge is 0.490 e. The van der Waals surface area contributed by atoms with Gasteiger partial charge in [0.2, 0.25) is 0 Å². The molecular formula is C24H28F3NO4. The van der Waals surface area contributed by atoms with Crippen molar-refractivity contribution in [3.63, 3.8) is 0 Å². The minimum Gasteiger partial charge on any atom is -0.490 e. The maximum Gasteiger partial charge on any atom is 0.573 e. The van der Waals surface area contributed by atoms with Gasteiger partial charge in [-0.3, -0.25) is 4.79 Å². The molecule has 174 valence electrons. The summed E-state index contributed by atoms with van der Waals surface area (Å²) in [6.07, 6.45) is -0.976. The van der Waals surface area contributed by atoms with E-state index in [0.717, 1.165) is 43.4 Å². The van der Waals surface area contributed by atoms with E-state index in [1.54, 1.807) is 0 Å². The quantitative estimate of drug-likeness (QED) is 0.548. The topological polar surface area (TPSA) is 56.8 Å². The van der Waals surface area contributed by atoms with Crippen molar-refractivity contribution in [2.75, 3.05) is 13.2 Å². The Morgan fingerprint density at radius 2 is 1.62 bits per heavy atom. The summed E-state index contributed by atoms with van der Waals surface area (Å²) < 4.78 is 52.3. The maximum absolute atomic E-state index is 12.8. The molecule has 2 atom stereocenters. The van der Waals surface area contributed by atoms with Crippen LogP contribution in [0.15, 0.2) is 42.5 Å². The standard InChI is InChI=1S/C24H28F3NO4/c1-3-30-21-14-11-17(15-22(21)31-4-2)19-7-5-6-8-20(19)28-23(29)16-9-12-18(13-10-16)32-24(25,26)27/h9-15,19-20H,3-8H2,1-2H3,(H,28,29). The highest BCUT2D eigenvalue weighted by atomic mass is 19.4. The van der Waals surface area contributed by atoms with E-state index < -0.39 is 6.36 Å². The molecule has 0 saturated heterocycles. The number of halogens is 3. The Balaban J connectivity index is 1.74. The monoisotopic (exact) mass is 451 g/mol. The number of ether oxygens (including phenoxy) is 3. The second-order valence-corrected chi connectivity index (χ2v) is 7.62. The Labute approximate surface area is 185 Å². The summed E-state index contributed by atoms with van der Waals surface area (Å²) in [7, 11) is 0. The molecule has 2 aromatic rings. The number of carbonyl (C=O) groups is 1. The number of alkyl halides is 3. The number of hydrogen-bond donors (Lipinski definition) is 1. The van der Waals surface area contributed by atoms with Gasteiger partial charge in [-0.05, 0) is 68.7 Å². The van der Waals surface area contributed by atoms with Crippen LogP contribution in [-0.4, -0.2) is 31.5 Å². The van der Waals surface area contributed by atoms with Crippen LogP contribution < -0.4 is 19.5 Å². The summed E-state index contributed by atoms with van der Waals surface area (Å²) in [5.41, 5.74) is 1.35. The van der Waals surface area contributed by atoms with E-state index in [9.17, 15) is 18.0 Å². The molecule has 1 saturated carbocycles. The van der Waals surface area contributed by atoms with Gasteiger partial charge in [0.1, 0.15) is 5.75 Å². The fraction of sp³-hybridized carbons (Fsp3) is 0.458. The highest BCUT2D eigenvalue weighted by Gasteiger charge is 2.31. The molecular weight excluding hydrogens is 423 g/mol. The Kier molecular flexibility index (Phi) is 7.88. The van der Waals surface area contributed by atoms with Crippen LogP contribution >= 0.6 is 0 Å². The summed E-state index contributed by atoms with van der Waals surface area (Å²) in [5.74, 6) is 0.799. The first-order valence-corrected chi connectivity index (χ1v) is 10.9. The van der Waals surface area contributed by atoms with Gasteiger partial charge in [0.15, 0.2) is 11.5 Å². The van der Waals surface area contributed by atoms with Crippen molar-refractivity contribution in [3.8, 4) is 17.2 Å². The number of rotatable bonds is 8. The van der Waals surface area contributed by atoms with Gasteiger partial charge >= 0.3 is 6.36 Å². The molecule has 0 heterocycles. The molecule has 0 aromatic heterocycles. The SMILES string of the molecule is CCOc1ccc(C2CCCCC2NC(=O)c2ccc(OC(F)(F)F)cc2)cc1OCC. The van der Waals surface area contributed by atoms with E-state index in [-0.39, 0.29) is 29.2 Å². The van der Waals surface area contributed by atoms with Crippen molar-refractivity contribution < 1.29 is 32.2 Å². The Hall–Kier alpha value is -2.90. The van der Waals surface area contributed by atoms with Crippen molar-refractivity contribution >= 4 is 5.91 Å². The number of hydrogen-bond acceptors (Lipinski definition) is 4. The van der Waals surface area contributed by atoms with Crippen molar-refractivity contribution in [3.05, 3.63) is 53.6 Å². The van der Waals surface area contributed by atoms with Crippen LogP contribution in [-0.2, 0) is 0 Å². The minimum absolute atomic E-state index is 0.0882. The van der Waals surface area contributed by atoms with Crippen LogP contribution in [0.5, 0.6) is 17.2 Å². The molecule has 8 heteroatoms. The van der Waals surface area contributed by atoms with Crippen LogP contribution in [0.25, 0.3) is 0 Å². The molecule has 1 amide bonds. The normalized spacial score (nSPS) is 18.7. The Morgan fingerprint density at radius 3 is 2.28 bits per heavy atom. The second-order valence-electron chi connectivity index (χ2n) is 7.62. The van der Waals surface area contributed by atoms with Crippen LogP contribution in [0.3, 0.4) is 0 Å². The van der Waals surface area contributed by atoms with Gasteiger partial charge in [-0.1, -0.05) is 18.9 Å². The fourth-order valence-corrected chi connectivity index (χ4v) is 4.06. The van der Waals surface area contributed by atoms with Crippen molar-refractivity contribution in [1.82, 2.24) is 5.32 Å². The van der Waals surface area contributed by atoms with Crippen molar-refractivity contribution in [1.29, 1.82) is 0 Å². The zero-order valence-electron chi connectivity index (χ0n) is 18.2. The molecule has 1 N–H and O–H groups in total. The average molecular weight is 451 g/mol.